The van der Waals surface area contributed by atoms with E-state index >= 15 is 0 Å². The lowest BCUT2D eigenvalue weighted by Gasteiger charge is -2.45. The highest BCUT2D eigenvalue weighted by Gasteiger charge is 2.44. The molecule has 0 aliphatic heterocycles. The number of hydrogen-bond donors (Lipinski definition) is 0. The van der Waals surface area contributed by atoms with Crippen LogP contribution in [0.4, 0.5) is 0 Å². The van der Waals surface area contributed by atoms with Crippen molar-refractivity contribution in [1.29, 1.82) is 0 Å². The first-order valence-electron chi connectivity index (χ1n) is 8.85. The van der Waals surface area contributed by atoms with E-state index in [2.05, 4.69) is 32.0 Å². The van der Waals surface area contributed by atoms with Crippen LogP contribution in [0.3, 0.4) is 0 Å². The second-order valence-corrected chi connectivity index (χ2v) is 7.15. The first-order chi connectivity index (χ1) is 10.7. The highest BCUT2D eigenvalue weighted by Crippen LogP contribution is 2.51. The monoisotopic (exact) mass is 300 g/mol. The number of fused-ring (bicyclic) bond motifs is 3. The maximum absolute atomic E-state index is 12.5. The highest BCUT2D eigenvalue weighted by atomic mass is 16.5. The molecule has 1 saturated carbocycles. The molecule has 0 bridgehead atoms. The summed E-state index contributed by atoms with van der Waals surface area (Å²) in [6.07, 6.45) is 6.89. The van der Waals surface area contributed by atoms with Crippen molar-refractivity contribution < 1.29 is 9.53 Å². The Morgan fingerprint density at radius 2 is 2.14 bits per heavy atom. The zero-order chi connectivity index (χ0) is 15.7. The highest BCUT2D eigenvalue weighted by molar-refractivity contribution is 5.83. The number of methoxy groups -OCH3 is 1. The molecule has 2 nitrogen and oxygen atoms in total. The molecule has 0 radical (unpaired) electrons. The largest absolute Gasteiger partial charge is 0.497 e. The molecular formula is C20H28O2. The maximum atomic E-state index is 12.5. The molecule has 0 spiro atoms. The van der Waals surface area contributed by atoms with Gasteiger partial charge in [0, 0.05) is 12.3 Å². The Balaban J connectivity index is 1.93. The predicted octanol–water partition coefficient (Wildman–Crippen LogP) is 4.76. The minimum Gasteiger partial charge on any atom is -0.497 e. The molecule has 1 aromatic rings. The molecule has 2 aliphatic carbocycles. The molecule has 4 atom stereocenters. The van der Waals surface area contributed by atoms with Gasteiger partial charge in [-0.2, -0.15) is 0 Å². The zero-order valence-corrected chi connectivity index (χ0v) is 14.1. The first kappa shape index (κ1) is 15.6. The number of hydrogen-bond acceptors (Lipinski definition) is 2. The molecule has 1 aromatic carbocycles. The van der Waals surface area contributed by atoms with Crippen molar-refractivity contribution in [3.63, 3.8) is 0 Å². The first-order valence-corrected chi connectivity index (χ1v) is 8.85. The quantitative estimate of drug-likeness (QED) is 0.801. The van der Waals surface area contributed by atoms with Gasteiger partial charge >= 0.3 is 0 Å². The molecule has 2 heteroatoms. The van der Waals surface area contributed by atoms with E-state index in [1.807, 2.05) is 0 Å². The molecule has 0 N–H and O–H groups in total. The Labute approximate surface area is 134 Å². The number of aryl methyl sites for hydroxylation is 1. The van der Waals surface area contributed by atoms with Crippen molar-refractivity contribution in [2.24, 2.45) is 17.8 Å². The van der Waals surface area contributed by atoms with Gasteiger partial charge < -0.3 is 4.74 Å². The molecule has 2 aliphatic rings. The Bertz CT molecular complexity index is 549. The van der Waals surface area contributed by atoms with Gasteiger partial charge in [0.1, 0.15) is 11.5 Å². The topological polar surface area (TPSA) is 26.3 Å². The molecule has 1 fully saturated rings. The van der Waals surface area contributed by atoms with Gasteiger partial charge in [-0.1, -0.05) is 32.8 Å². The molecule has 4 unspecified atom stereocenters. The van der Waals surface area contributed by atoms with Crippen molar-refractivity contribution in [1.82, 2.24) is 0 Å². The lowest BCUT2D eigenvalue weighted by molar-refractivity contribution is -0.128. The fourth-order valence-corrected chi connectivity index (χ4v) is 4.73. The second kappa shape index (κ2) is 6.44. The van der Waals surface area contributed by atoms with Crippen LogP contribution < -0.4 is 4.74 Å². The number of carbonyl (C=O) groups is 1. The molecule has 0 amide bonds. The second-order valence-electron chi connectivity index (χ2n) is 7.15. The van der Waals surface area contributed by atoms with Gasteiger partial charge in [-0.3, -0.25) is 4.79 Å². The molecule has 0 saturated heterocycles. The third kappa shape index (κ3) is 2.68. The summed E-state index contributed by atoms with van der Waals surface area (Å²) in [6, 6.07) is 6.46. The number of unbranched alkanes of at least 4 members (excludes halogenated alkanes) is 1. The van der Waals surface area contributed by atoms with Crippen LogP contribution in [0.2, 0.25) is 0 Å². The normalized spacial score (nSPS) is 30.6. The van der Waals surface area contributed by atoms with Gasteiger partial charge in [0.05, 0.1) is 7.11 Å². The molecule has 120 valence electrons. The number of benzene rings is 1. The standard InChI is InChI=1S/C20H28O2/c1-4-5-6-14-12-19(21)13(2)20-17(14)9-7-15-11-16(22-3)8-10-18(15)20/h8,10-11,13-14,17,20H,4-7,9,12H2,1-3H3. The van der Waals surface area contributed by atoms with E-state index in [1.165, 1.54) is 36.8 Å². The number of ether oxygens (including phenoxy) is 1. The summed E-state index contributed by atoms with van der Waals surface area (Å²) in [5.74, 6) is 3.32. The number of rotatable bonds is 4. The Morgan fingerprint density at radius 3 is 2.86 bits per heavy atom. The minimum atomic E-state index is 0.176. The summed E-state index contributed by atoms with van der Waals surface area (Å²) in [5, 5.41) is 0. The summed E-state index contributed by atoms with van der Waals surface area (Å²) in [4.78, 5) is 12.5. The van der Waals surface area contributed by atoms with Gasteiger partial charge in [0.25, 0.3) is 0 Å². The molecule has 0 aromatic heterocycles. The van der Waals surface area contributed by atoms with E-state index in [0.717, 1.165) is 18.6 Å². The fraction of sp³-hybridized carbons (Fsp3) is 0.650. The van der Waals surface area contributed by atoms with E-state index in [4.69, 9.17) is 4.74 Å². The summed E-state index contributed by atoms with van der Waals surface area (Å²) in [5.41, 5.74) is 2.82. The van der Waals surface area contributed by atoms with E-state index in [-0.39, 0.29) is 5.92 Å². The molecule has 22 heavy (non-hydrogen) atoms. The Hall–Kier alpha value is -1.31. The van der Waals surface area contributed by atoms with Gasteiger partial charge in [-0.25, -0.2) is 0 Å². The number of Topliss-reactive ketones (excluding diaryl/α,β-unsaturated/α-hetero) is 1. The average Bonchev–Trinajstić information content (AvgIpc) is 2.55. The number of carbonyl (C=O) groups excluding carboxylic acids is 1. The van der Waals surface area contributed by atoms with Crippen LogP contribution in [0.1, 0.15) is 63.0 Å². The zero-order valence-electron chi connectivity index (χ0n) is 14.1. The third-order valence-electron chi connectivity index (χ3n) is 5.96. The van der Waals surface area contributed by atoms with Gasteiger partial charge in [0.15, 0.2) is 0 Å². The van der Waals surface area contributed by atoms with Crippen LogP contribution in [-0.2, 0) is 11.2 Å². The predicted molar refractivity (Wildman–Crippen MR) is 89.3 cm³/mol. The maximum Gasteiger partial charge on any atom is 0.136 e. The van der Waals surface area contributed by atoms with Crippen molar-refractivity contribution >= 4 is 5.78 Å². The summed E-state index contributed by atoms with van der Waals surface area (Å²) in [6.45, 7) is 4.39. The molecule has 0 heterocycles. The Morgan fingerprint density at radius 1 is 1.32 bits per heavy atom. The van der Waals surface area contributed by atoms with Gasteiger partial charge in [-0.15, -0.1) is 0 Å². The lowest BCUT2D eigenvalue weighted by Crippen LogP contribution is -2.40. The van der Waals surface area contributed by atoms with Crippen LogP contribution in [-0.4, -0.2) is 12.9 Å². The van der Waals surface area contributed by atoms with Crippen molar-refractivity contribution in [2.45, 2.75) is 58.3 Å². The van der Waals surface area contributed by atoms with Gasteiger partial charge in [-0.05, 0) is 60.3 Å². The van der Waals surface area contributed by atoms with Crippen molar-refractivity contribution in [3.8, 4) is 5.75 Å². The fourth-order valence-electron chi connectivity index (χ4n) is 4.73. The van der Waals surface area contributed by atoms with Crippen LogP contribution in [0.15, 0.2) is 18.2 Å². The summed E-state index contributed by atoms with van der Waals surface area (Å²) >= 11 is 0. The van der Waals surface area contributed by atoms with Crippen LogP contribution in [0, 0.1) is 17.8 Å². The van der Waals surface area contributed by atoms with Crippen LogP contribution in [0.25, 0.3) is 0 Å². The van der Waals surface area contributed by atoms with Crippen LogP contribution in [0.5, 0.6) is 5.75 Å². The lowest BCUT2D eigenvalue weighted by atomic mass is 9.58. The van der Waals surface area contributed by atoms with E-state index in [0.29, 0.717) is 23.5 Å². The number of ketones is 1. The minimum absolute atomic E-state index is 0.176. The molecular weight excluding hydrogens is 272 g/mol. The SMILES string of the molecule is CCCCC1CC(=O)C(C)C2c3ccc(OC)cc3CCC12. The summed E-state index contributed by atoms with van der Waals surface area (Å²) in [7, 11) is 1.72. The smallest absolute Gasteiger partial charge is 0.136 e. The van der Waals surface area contributed by atoms with Crippen LogP contribution >= 0.6 is 0 Å². The average molecular weight is 300 g/mol. The Kier molecular flexibility index (Phi) is 4.56. The molecule has 3 rings (SSSR count). The van der Waals surface area contributed by atoms with E-state index in [9.17, 15) is 4.79 Å². The van der Waals surface area contributed by atoms with Gasteiger partial charge in [0.2, 0.25) is 0 Å². The summed E-state index contributed by atoms with van der Waals surface area (Å²) < 4.78 is 5.37. The van der Waals surface area contributed by atoms with Crippen molar-refractivity contribution in [3.05, 3.63) is 29.3 Å². The van der Waals surface area contributed by atoms with Crippen molar-refractivity contribution in [2.75, 3.05) is 7.11 Å². The van der Waals surface area contributed by atoms with E-state index in [1.54, 1.807) is 7.11 Å². The van der Waals surface area contributed by atoms with E-state index < -0.39 is 0 Å². The third-order valence-corrected chi connectivity index (χ3v) is 5.96.